The minimum absolute atomic E-state index is 0. The van der Waals surface area contributed by atoms with Gasteiger partial charge in [0.25, 0.3) is 0 Å². The first kappa shape index (κ1) is 31.2. The summed E-state index contributed by atoms with van der Waals surface area (Å²) in [6, 6.07) is 0. The number of hydrogen-bond acceptors (Lipinski definition) is 0. The van der Waals surface area contributed by atoms with E-state index in [9.17, 15) is 0 Å². The van der Waals surface area contributed by atoms with Crippen LogP contribution in [0.5, 0.6) is 0 Å². The predicted molar refractivity (Wildman–Crippen MR) is 46.2 cm³/mol. The van der Waals surface area contributed by atoms with Crippen LogP contribution in [0.2, 0.25) is 0 Å². The Morgan fingerprint density at radius 3 is 1.11 bits per heavy atom. The van der Waals surface area contributed by atoms with Crippen LogP contribution in [0.15, 0.2) is 0 Å². The Morgan fingerprint density at radius 1 is 0.889 bits per heavy atom. The third kappa shape index (κ3) is 43.2. The summed E-state index contributed by atoms with van der Waals surface area (Å²) in [5.74, 6) is 0. The topological polar surface area (TPSA) is 14.1 Å². The molecule has 0 aromatic heterocycles. The van der Waals surface area contributed by atoms with E-state index in [2.05, 4.69) is 5.32 Å². The quantitative estimate of drug-likeness (QED) is 0.646. The molecule has 0 aliphatic rings. The van der Waals surface area contributed by atoms with E-state index in [1.54, 1.807) is 0 Å². The molecular weight excluding hydrogens is 216 g/mol. The maximum absolute atomic E-state index is 3.97. The molecule has 0 saturated heterocycles. The van der Waals surface area contributed by atoms with Gasteiger partial charge in [-0.15, -0.1) is 37.2 Å². The van der Waals surface area contributed by atoms with E-state index < -0.39 is 0 Å². The van der Waals surface area contributed by atoms with Gasteiger partial charge in [-0.1, -0.05) is 13.8 Å². The summed E-state index contributed by atoms with van der Waals surface area (Å²) >= 11 is 0. The average Bonchev–Trinajstić information content (AvgIpc) is 1.41. The molecule has 0 spiro atoms. The molecule has 0 unspecified atom stereocenters. The molecule has 0 rings (SSSR count). The molecule has 9 heavy (non-hydrogen) atoms. The van der Waals surface area contributed by atoms with Gasteiger partial charge < -0.3 is 5.32 Å². The minimum Gasteiger partial charge on any atom is -0.663 e. The second kappa shape index (κ2) is 33.7. The minimum atomic E-state index is 0. The fraction of sp³-hybridized carbons (Fsp3) is 1.00. The summed E-state index contributed by atoms with van der Waals surface area (Å²) in [4.78, 5) is 0. The summed E-state index contributed by atoms with van der Waals surface area (Å²) in [6.45, 7) is 6.03. The Morgan fingerprint density at radius 2 is 1.11 bits per heavy atom. The average molecular weight is 229 g/mol. The van der Waals surface area contributed by atoms with Crippen molar-refractivity contribution in [3.05, 3.63) is 5.32 Å². The van der Waals surface area contributed by atoms with Gasteiger partial charge in [0.2, 0.25) is 0 Å². The Hall–Kier alpha value is 1.54. The van der Waals surface area contributed by atoms with Crippen LogP contribution in [0, 0.1) is 0 Å². The normalized spacial score (nSPS) is 4.67. The summed E-state index contributed by atoms with van der Waals surface area (Å²) in [5.41, 5.74) is 0. The first-order valence-electron chi connectivity index (χ1n) is 2.05. The Kier molecular flexibility index (Phi) is 117. The zero-order chi connectivity index (χ0) is 4.12. The van der Waals surface area contributed by atoms with Crippen molar-refractivity contribution in [1.29, 1.82) is 0 Å². The first-order chi connectivity index (χ1) is 2.41. The number of halogens is 3. The maximum atomic E-state index is 3.97. The van der Waals surface area contributed by atoms with Crippen molar-refractivity contribution in [2.75, 3.05) is 13.1 Å². The Bertz CT molecular complexity index is 23.3. The van der Waals surface area contributed by atoms with Gasteiger partial charge in [-0.3, -0.25) is 0 Å². The molecule has 0 fully saturated rings. The maximum Gasteiger partial charge on any atom is 0 e. The molecule has 1 nitrogen and oxygen atoms in total. The van der Waals surface area contributed by atoms with E-state index in [-0.39, 0.29) is 58.9 Å². The summed E-state index contributed by atoms with van der Waals surface area (Å²) in [6.07, 6.45) is 0. The first-order valence-corrected chi connectivity index (χ1v) is 2.05. The van der Waals surface area contributed by atoms with Gasteiger partial charge in [0.05, 0.1) is 0 Å². The summed E-state index contributed by atoms with van der Waals surface area (Å²) in [5, 5.41) is 3.97. The molecule has 0 bridgehead atoms. The van der Waals surface area contributed by atoms with Crippen LogP contribution in [-0.4, -0.2) is 13.1 Å². The van der Waals surface area contributed by atoms with Crippen molar-refractivity contribution in [2.45, 2.75) is 13.8 Å². The van der Waals surface area contributed by atoms with Crippen LogP contribution in [-0.2, 0) is 21.7 Å². The van der Waals surface area contributed by atoms with E-state index in [0.717, 1.165) is 13.1 Å². The standard InChI is InChI=1S/C4H10N.3ClH.Ti/c1-3-5-4-2;;;;/h3-4H2,1-2H3;3*1H;/q-1;;;;. The van der Waals surface area contributed by atoms with Gasteiger partial charge in [-0.2, -0.15) is 13.1 Å². The Balaban J connectivity index is -0.0000000133. The monoisotopic (exact) mass is 228 g/mol. The van der Waals surface area contributed by atoms with Gasteiger partial charge in [0, 0.05) is 21.7 Å². The van der Waals surface area contributed by atoms with Gasteiger partial charge in [-0.25, -0.2) is 0 Å². The zero-order valence-electron chi connectivity index (χ0n) is 5.59. The predicted octanol–water partition coefficient (Wildman–Crippen LogP) is 2.66. The third-order valence-corrected chi connectivity index (χ3v) is 0.447. The van der Waals surface area contributed by atoms with E-state index >= 15 is 0 Å². The molecule has 0 aliphatic heterocycles. The van der Waals surface area contributed by atoms with E-state index in [1.807, 2.05) is 13.8 Å². The fourth-order valence-electron chi connectivity index (χ4n) is 0.224. The molecule has 0 atom stereocenters. The largest absolute Gasteiger partial charge is 0.663 e. The third-order valence-electron chi connectivity index (χ3n) is 0.447. The van der Waals surface area contributed by atoms with Gasteiger partial charge in [-0.05, 0) is 0 Å². The molecule has 60 valence electrons. The molecule has 0 aliphatic carbocycles. The van der Waals surface area contributed by atoms with E-state index in [4.69, 9.17) is 0 Å². The molecule has 0 aromatic carbocycles. The molecule has 5 heteroatoms. The van der Waals surface area contributed by atoms with Crippen LogP contribution < -0.4 is 0 Å². The smallest absolute Gasteiger partial charge is 0 e. The van der Waals surface area contributed by atoms with Crippen LogP contribution in [0.3, 0.4) is 0 Å². The van der Waals surface area contributed by atoms with Gasteiger partial charge in [0.15, 0.2) is 0 Å². The number of hydrogen-bond donors (Lipinski definition) is 0. The molecule has 0 saturated carbocycles. The second-order valence-electron chi connectivity index (χ2n) is 0.856. The van der Waals surface area contributed by atoms with E-state index in [0.29, 0.717) is 0 Å². The SMILES string of the molecule is CC[N-]CC.Cl.Cl.Cl.[Ti]. The number of rotatable bonds is 2. The van der Waals surface area contributed by atoms with Crippen molar-refractivity contribution in [3.63, 3.8) is 0 Å². The Labute approximate surface area is 90.8 Å². The fourth-order valence-corrected chi connectivity index (χ4v) is 0.224. The van der Waals surface area contributed by atoms with Crippen LogP contribution >= 0.6 is 37.2 Å². The second-order valence-corrected chi connectivity index (χ2v) is 0.856. The van der Waals surface area contributed by atoms with Crippen LogP contribution in [0.4, 0.5) is 0 Å². The van der Waals surface area contributed by atoms with Crippen molar-refractivity contribution in [2.24, 2.45) is 0 Å². The van der Waals surface area contributed by atoms with E-state index in [1.165, 1.54) is 0 Å². The van der Waals surface area contributed by atoms with Crippen LogP contribution in [0.1, 0.15) is 13.8 Å². The van der Waals surface area contributed by atoms with Gasteiger partial charge >= 0.3 is 0 Å². The summed E-state index contributed by atoms with van der Waals surface area (Å²) < 4.78 is 0. The zero-order valence-corrected chi connectivity index (χ0v) is 9.60. The molecule has 0 radical (unpaired) electrons. The van der Waals surface area contributed by atoms with Crippen LogP contribution in [0.25, 0.3) is 5.32 Å². The van der Waals surface area contributed by atoms with Crippen molar-refractivity contribution < 1.29 is 21.7 Å². The van der Waals surface area contributed by atoms with Gasteiger partial charge in [0.1, 0.15) is 0 Å². The van der Waals surface area contributed by atoms with Crippen molar-refractivity contribution >= 4 is 37.2 Å². The molecule has 0 heterocycles. The van der Waals surface area contributed by atoms with Crippen molar-refractivity contribution in [1.82, 2.24) is 0 Å². The number of nitrogens with zero attached hydrogens (tertiary/aromatic N) is 1. The van der Waals surface area contributed by atoms with Crippen molar-refractivity contribution in [3.8, 4) is 0 Å². The molecule has 0 amide bonds. The summed E-state index contributed by atoms with van der Waals surface area (Å²) in [7, 11) is 0. The molecule has 0 aromatic rings. The molecular formula is C4H13Cl3NTi-. The molecule has 0 N–H and O–H groups in total.